The van der Waals surface area contributed by atoms with Gasteiger partial charge in [0.15, 0.2) is 0 Å². The summed E-state index contributed by atoms with van der Waals surface area (Å²) < 4.78 is 31.7. The van der Waals surface area contributed by atoms with Gasteiger partial charge in [0.1, 0.15) is 5.82 Å². The zero-order chi connectivity index (χ0) is 20.0. The number of halogens is 1. The quantitative estimate of drug-likeness (QED) is 0.739. The van der Waals surface area contributed by atoms with E-state index in [0.29, 0.717) is 18.7 Å². The number of rotatable bonds is 2. The van der Waals surface area contributed by atoms with Crippen molar-refractivity contribution in [1.82, 2.24) is 0 Å². The smallest absolute Gasteiger partial charge is 0.399 e. The Morgan fingerprint density at radius 3 is 1.88 bits per heavy atom. The first-order valence-corrected chi connectivity index (χ1v) is 9.78. The Morgan fingerprint density at radius 2 is 1.42 bits per heavy atom. The maximum Gasteiger partial charge on any atom is 0.497 e. The molecule has 2 aliphatic rings. The summed E-state index contributed by atoms with van der Waals surface area (Å²) in [4.78, 5) is 2.13. The minimum absolute atomic E-state index is 0.289. The molecule has 0 amide bonds. The number of benzene rings is 1. The molecule has 0 aliphatic carbocycles. The van der Waals surface area contributed by atoms with Gasteiger partial charge in [0.2, 0.25) is 0 Å². The van der Waals surface area contributed by atoms with Crippen molar-refractivity contribution < 1.29 is 18.4 Å². The van der Waals surface area contributed by atoms with Crippen LogP contribution >= 0.6 is 0 Å². The largest absolute Gasteiger partial charge is 0.497 e. The van der Waals surface area contributed by atoms with Gasteiger partial charge >= 0.3 is 7.12 Å². The van der Waals surface area contributed by atoms with Gasteiger partial charge in [-0.3, -0.25) is 0 Å². The van der Waals surface area contributed by atoms with E-state index < -0.39 is 18.3 Å². The Balaban J connectivity index is 0.000000791. The minimum Gasteiger partial charge on any atom is -0.399 e. The number of anilines is 1. The topological polar surface area (TPSA) is 30.9 Å². The van der Waals surface area contributed by atoms with Crippen molar-refractivity contribution in [2.75, 3.05) is 31.2 Å². The lowest BCUT2D eigenvalue weighted by Crippen LogP contribution is -2.41. The van der Waals surface area contributed by atoms with Crippen molar-refractivity contribution in [2.45, 2.75) is 66.6 Å². The molecule has 1 aromatic rings. The summed E-state index contributed by atoms with van der Waals surface area (Å²) in [7, 11) is -0.663. The van der Waals surface area contributed by atoms with Crippen molar-refractivity contribution in [3.63, 3.8) is 0 Å². The molecule has 0 aromatic heterocycles. The van der Waals surface area contributed by atoms with E-state index in [9.17, 15) is 4.39 Å². The van der Waals surface area contributed by atoms with Gasteiger partial charge < -0.3 is 18.9 Å². The van der Waals surface area contributed by atoms with Crippen LogP contribution in [-0.4, -0.2) is 44.6 Å². The van der Waals surface area contributed by atoms with Crippen molar-refractivity contribution in [3.8, 4) is 0 Å². The number of morpholine rings is 1. The molecule has 0 spiro atoms. The average Bonchev–Trinajstić information content (AvgIpc) is 2.86. The van der Waals surface area contributed by atoms with Gasteiger partial charge in [0.25, 0.3) is 0 Å². The minimum atomic E-state index is -0.663. The number of ether oxygens (including phenoxy) is 1. The summed E-state index contributed by atoms with van der Waals surface area (Å²) in [5.41, 5.74) is 0.400. The molecule has 6 heteroatoms. The molecule has 0 saturated carbocycles. The van der Waals surface area contributed by atoms with Crippen LogP contribution in [0.4, 0.5) is 10.1 Å². The molecule has 2 fully saturated rings. The predicted molar refractivity (Wildman–Crippen MR) is 108 cm³/mol. The highest BCUT2D eigenvalue weighted by Crippen LogP contribution is 2.36. The summed E-state index contributed by atoms with van der Waals surface area (Å²) in [6, 6.07) is 5.25. The van der Waals surface area contributed by atoms with Crippen LogP contribution in [0.2, 0.25) is 0 Å². The van der Waals surface area contributed by atoms with Gasteiger partial charge in [0, 0.05) is 24.2 Å². The maximum absolute atomic E-state index is 14.5. The maximum atomic E-state index is 14.5. The Kier molecular flexibility index (Phi) is 8.58. The first-order valence-electron chi connectivity index (χ1n) is 9.78. The van der Waals surface area contributed by atoms with Crippen LogP contribution in [0.1, 0.15) is 55.4 Å². The van der Waals surface area contributed by atoms with Crippen LogP contribution < -0.4 is 10.4 Å². The van der Waals surface area contributed by atoms with Gasteiger partial charge in [-0.05, 0) is 39.8 Å². The van der Waals surface area contributed by atoms with Crippen molar-refractivity contribution in [2.24, 2.45) is 0 Å². The first kappa shape index (κ1) is 22.9. The lowest BCUT2D eigenvalue weighted by Gasteiger charge is -2.32. The molecule has 4 nitrogen and oxygen atoms in total. The number of nitrogens with zero attached hydrogens (tertiary/aromatic N) is 1. The highest BCUT2D eigenvalue weighted by molar-refractivity contribution is 6.62. The van der Waals surface area contributed by atoms with Gasteiger partial charge in [0.05, 0.1) is 24.4 Å². The van der Waals surface area contributed by atoms with E-state index in [1.54, 1.807) is 12.1 Å². The van der Waals surface area contributed by atoms with Crippen molar-refractivity contribution in [1.29, 1.82) is 0 Å². The van der Waals surface area contributed by atoms with E-state index in [2.05, 4.69) is 4.90 Å². The summed E-state index contributed by atoms with van der Waals surface area (Å²) in [5, 5.41) is 0. The van der Waals surface area contributed by atoms with Crippen molar-refractivity contribution >= 4 is 18.3 Å². The van der Waals surface area contributed by atoms with E-state index >= 15 is 0 Å². The third-order valence-corrected chi connectivity index (χ3v) is 4.87. The fourth-order valence-electron chi connectivity index (χ4n) is 2.70. The highest BCUT2D eigenvalue weighted by Gasteiger charge is 2.52. The predicted octanol–water partition coefficient (Wildman–Crippen LogP) is 4.01. The molecule has 0 unspecified atom stereocenters. The molecule has 1 aromatic carbocycles. The van der Waals surface area contributed by atoms with E-state index in [0.717, 1.165) is 18.8 Å². The zero-order valence-corrected chi connectivity index (χ0v) is 17.7. The summed E-state index contributed by atoms with van der Waals surface area (Å²) in [5.74, 6) is -0.289. The molecule has 0 radical (unpaired) electrons. The van der Waals surface area contributed by atoms with Crippen LogP contribution in [0.5, 0.6) is 0 Å². The van der Waals surface area contributed by atoms with Crippen LogP contribution in [0.3, 0.4) is 0 Å². The van der Waals surface area contributed by atoms with E-state index in [1.807, 2.05) is 61.5 Å². The Labute approximate surface area is 159 Å². The van der Waals surface area contributed by atoms with Gasteiger partial charge in [-0.15, -0.1) is 0 Å². The third kappa shape index (κ3) is 4.99. The standard InChI is InChI=1S/C16H23BFNO3.2C2H6/c1-15(2)16(3,4)22-17(21-15)13-6-5-12(11-14(13)18)19-7-9-20-10-8-19;2*1-2/h5-6,11H,7-10H2,1-4H3;2*1-2H3. The summed E-state index contributed by atoms with van der Waals surface area (Å²) >= 11 is 0. The molecule has 148 valence electrons. The molecule has 2 saturated heterocycles. The molecule has 3 rings (SSSR count). The normalized spacial score (nSPS) is 20.7. The molecule has 2 heterocycles. The molecule has 2 aliphatic heterocycles. The Bertz CT molecular complexity index is 544. The Morgan fingerprint density at radius 1 is 0.923 bits per heavy atom. The van der Waals surface area contributed by atoms with Crippen LogP contribution in [0, 0.1) is 5.82 Å². The fraction of sp³-hybridized carbons (Fsp3) is 0.700. The zero-order valence-electron chi connectivity index (χ0n) is 17.7. The van der Waals surface area contributed by atoms with Crippen LogP contribution in [0.25, 0.3) is 0 Å². The first-order chi connectivity index (χ1) is 12.3. The van der Waals surface area contributed by atoms with Gasteiger partial charge in [-0.2, -0.15) is 0 Å². The molecular formula is C20H35BFNO3. The SMILES string of the molecule is CC.CC.CC1(C)OB(c2ccc(N3CCOCC3)cc2F)OC1(C)C. The van der Waals surface area contributed by atoms with Crippen molar-refractivity contribution in [3.05, 3.63) is 24.0 Å². The van der Waals surface area contributed by atoms with Crippen LogP contribution in [-0.2, 0) is 14.0 Å². The van der Waals surface area contributed by atoms with Gasteiger partial charge in [-0.25, -0.2) is 4.39 Å². The fourth-order valence-corrected chi connectivity index (χ4v) is 2.70. The summed E-state index contributed by atoms with van der Waals surface area (Å²) in [6.07, 6.45) is 0. The van der Waals surface area contributed by atoms with Gasteiger partial charge in [-0.1, -0.05) is 33.8 Å². The van der Waals surface area contributed by atoms with Crippen LogP contribution in [0.15, 0.2) is 18.2 Å². The third-order valence-electron chi connectivity index (χ3n) is 4.87. The lowest BCUT2D eigenvalue weighted by atomic mass is 9.78. The molecule has 0 bridgehead atoms. The van der Waals surface area contributed by atoms with E-state index in [4.69, 9.17) is 14.0 Å². The Hall–Kier alpha value is -1.11. The highest BCUT2D eigenvalue weighted by atomic mass is 19.1. The molecule has 26 heavy (non-hydrogen) atoms. The number of hydrogen-bond acceptors (Lipinski definition) is 4. The van der Waals surface area contributed by atoms with E-state index in [-0.39, 0.29) is 5.82 Å². The number of hydrogen-bond donors (Lipinski definition) is 0. The lowest BCUT2D eigenvalue weighted by molar-refractivity contribution is 0.00578. The monoisotopic (exact) mass is 367 g/mol. The summed E-state index contributed by atoms with van der Waals surface area (Å²) in [6.45, 7) is 18.8. The molecule has 0 N–H and O–H groups in total. The second-order valence-electron chi connectivity index (χ2n) is 6.89. The van der Waals surface area contributed by atoms with E-state index in [1.165, 1.54) is 0 Å². The second kappa shape index (κ2) is 9.72. The second-order valence-corrected chi connectivity index (χ2v) is 6.89. The molecule has 0 atom stereocenters. The average molecular weight is 367 g/mol. The molecular weight excluding hydrogens is 332 g/mol.